The van der Waals surface area contributed by atoms with E-state index in [-0.39, 0.29) is 0 Å². The third-order valence-electron chi connectivity index (χ3n) is 2.62. The molecule has 5 heteroatoms. The smallest absolute Gasteiger partial charge is 0.137 e. The van der Waals surface area contributed by atoms with Crippen LogP contribution < -0.4 is 5.32 Å². The second-order valence-electron chi connectivity index (χ2n) is 4.09. The fourth-order valence-electron chi connectivity index (χ4n) is 1.62. The van der Waals surface area contributed by atoms with Gasteiger partial charge in [-0.2, -0.15) is 0 Å². The SMILES string of the molecule is CCCc1nc(Cl)c(C)c(NCc2ccco2)n1. The van der Waals surface area contributed by atoms with Gasteiger partial charge < -0.3 is 9.73 Å². The Morgan fingerprint density at radius 3 is 2.89 bits per heavy atom. The molecule has 0 radical (unpaired) electrons. The normalized spacial score (nSPS) is 10.6. The average Bonchev–Trinajstić information content (AvgIpc) is 2.85. The molecule has 0 aromatic carbocycles. The molecule has 96 valence electrons. The molecule has 0 amide bonds. The predicted molar refractivity (Wildman–Crippen MR) is 71.8 cm³/mol. The first-order chi connectivity index (χ1) is 8.70. The van der Waals surface area contributed by atoms with Crippen molar-refractivity contribution >= 4 is 17.4 Å². The van der Waals surface area contributed by atoms with Gasteiger partial charge in [-0.3, -0.25) is 0 Å². The molecule has 0 aliphatic heterocycles. The molecule has 2 aromatic heterocycles. The van der Waals surface area contributed by atoms with Crippen LogP contribution in [-0.4, -0.2) is 9.97 Å². The summed E-state index contributed by atoms with van der Waals surface area (Å²) in [6.45, 7) is 4.59. The van der Waals surface area contributed by atoms with Crippen LogP contribution in [0.3, 0.4) is 0 Å². The Bertz CT molecular complexity index is 511. The van der Waals surface area contributed by atoms with Gasteiger partial charge in [0.15, 0.2) is 0 Å². The fourth-order valence-corrected chi connectivity index (χ4v) is 1.81. The van der Waals surface area contributed by atoms with Crippen molar-refractivity contribution in [2.45, 2.75) is 33.2 Å². The highest BCUT2D eigenvalue weighted by Gasteiger charge is 2.09. The largest absolute Gasteiger partial charge is 0.467 e. The molecule has 0 bridgehead atoms. The number of aryl methyl sites for hydroxylation is 1. The second-order valence-corrected chi connectivity index (χ2v) is 4.45. The second kappa shape index (κ2) is 5.87. The number of nitrogens with one attached hydrogen (secondary N) is 1. The van der Waals surface area contributed by atoms with Crippen molar-refractivity contribution < 1.29 is 4.42 Å². The number of halogens is 1. The summed E-state index contributed by atoms with van der Waals surface area (Å²) in [7, 11) is 0. The lowest BCUT2D eigenvalue weighted by atomic mass is 10.3. The minimum atomic E-state index is 0.510. The van der Waals surface area contributed by atoms with Crippen LogP contribution in [0.5, 0.6) is 0 Å². The minimum absolute atomic E-state index is 0.510. The van der Waals surface area contributed by atoms with E-state index < -0.39 is 0 Å². The number of rotatable bonds is 5. The summed E-state index contributed by atoms with van der Waals surface area (Å²) in [5, 5.41) is 3.74. The summed E-state index contributed by atoms with van der Waals surface area (Å²) in [5.74, 6) is 2.41. The maximum atomic E-state index is 6.10. The molecule has 0 saturated heterocycles. The van der Waals surface area contributed by atoms with Gasteiger partial charge in [0.05, 0.1) is 12.8 Å². The van der Waals surface area contributed by atoms with Gasteiger partial charge in [0, 0.05) is 12.0 Å². The number of nitrogens with zero attached hydrogens (tertiary/aromatic N) is 2. The third kappa shape index (κ3) is 3.01. The molecule has 0 spiro atoms. The predicted octanol–water partition coefficient (Wildman–Crippen LogP) is 3.60. The highest BCUT2D eigenvalue weighted by molar-refractivity contribution is 6.30. The molecule has 1 N–H and O–H groups in total. The van der Waals surface area contributed by atoms with E-state index in [1.807, 2.05) is 19.1 Å². The van der Waals surface area contributed by atoms with Gasteiger partial charge in [0.1, 0.15) is 22.6 Å². The van der Waals surface area contributed by atoms with E-state index in [1.165, 1.54) is 0 Å². The van der Waals surface area contributed by atoms with Crippen LogP contribution in [0.2, 0.25) is 5.15 Å². The summed E-state index contributed by atoms with van der Waals surface area (Å²) in [6.07, 6.45) is 3.48. The topological polar surface area (TPSA) is 51.0 Å². The number of aromatic nitrogens is 2. The van der Waals surface area contributed by atoms with Crippen LogP contribution >= 0.6 is 11.6 Å². The van der Waals surface area contributed by atoms with Gasteiger partial charge in [0.2, 0.25) is 0 Å². The van der Waals surface area contributed by atoms with Crippen LogP contribution in [0.4, 0.5) is 5.82 Å². The Hall–Kier alpha value is -1.55. The van der Waals surface area contributed by atoms with Gasteiger partial charge in [0.25, 0.3) is 0 Å². The Kier molecular flexibility index (Phi) is 4.20. The highest BCUT2D eigenvalue weighted by Crippen LogP contribution is 2.21. The average molecular weight is 266 g/mol. The van der Waals surface area contributed by atoms with Crippen LogP contribution in [0.1, 0.15) is 30.5 Å². The van der Waals surface area contributed by atoms with Crippen molar-refractivity contribution in [1.29, 1.82) is 0 Å². The maximum Gasteiger partial charge on any atom is 0.137 e. The number of anilines is 1. The van der Waals surface area contributed by atoms with Crippen LogP contribution in [0.25, 0.3) is 0 Å². The summed E-state index contributed by atoms with van der Waals surface area (Å²) >= 11 is 6.10. The van der Waals surface area contributed by atoms with Gasteiger partial charge in [-0.25, -0.2) is 9.97 Å². The standard InChI is InChI=1S/C13H16ClN3O/c1-3-5-11-16-12(14)9(2)13(17-11)15-8-10-6-4-7-18-10/h4,6-7H,3,5,8H2,1-2H3,(H,15,16,17). The zero-order valence-corrected chi connectivity index (χ0v) is 11.3. The van der Waals surface area contributed by atoms with Crippen molar-refractivity contribution in [1.82, 2.24) is 9.97 Å². The Balaban J connectivity index is 2.15. The Labute approximate surface area is 111 Å². The lowest BCUT2D eigenvalue weighted by Crippen LogP contribution is -2.07. The maximum absolute atomic E-state index is 6.10. The summed E-state index contributed by atoms with van der Waals surface area (Å²) < 4.78 is 5.26. The van der Waals surface area contributed by atoms with Crippen LogP contribution in [-0.2, 0) is 13.0 Å². The summed E-state index contributed by atoms with van der Waals surface area (Å²) in [6, 6.07) is 3.78. The van der Waals surface area contributed by atoms with Crippen molar-refractivity contribution in [2.24, 2.45) is 0 Å². The van der Waals surface area contributed by atoms with Crippen LogP contribution in [0, 0.1) is 6.92 Å². The first-order valence-electron chi connectivity index (χ1n) is 6.00. The fraction of sp³-hybridized carbons (Fsp3) is 0.385. The molecule has 0 fully saturated rings. The van der Waals surface area contributed by atoms with Crippen molar-refractivity contribution in [3.63, 3.8) is 0 Å². The molecule has 2 heterocycles. The molecule has 2 rings (SSSR count). The number of hydrogen-bond donors (Lipinski definition) is 1. The highest BCUT2D eigenvalue weighted by atomic mass is 35.5. The summed E-state index contributed by atoms with van der Waals surface area (Å²) in [4.78, 5) is 8.73. The van der Waals surface area contributed by atoms with E-state index in [2.05, 4.69) is 22.2 Å². The molecule has 0 atom stereocenters. The monoisotopic (exact) mass is 265 g/mol. The van der Waals surface area contributed by atoms with Gasteiger partial charge in [-0.15, -0.1) is 0 Å². The molecule has 0 aliphatic carbocycles. The third-order valence-corrected chi connectivity index (χ3v) is 2.98. The van der Waals surface area contributed by atoms with E-state index in [9.17, 15) is 0 Å². The molecule has 4 nitrogen and oxygen atoms in total. The first-order valence-corrected chi connectivity index (χ1v) is 6.37. The molecule has 0 saturated carbocycles. The molecular weight excluding hydrogens is 250 g/mol. The number of hydrogen-bond acceptors (Lipinski definition) is 4. The molecular formula is C13H16ClN3O. The van der Waals surface area contributed by atoms with Gasteiger partial charge in [-0.05, 0) is 25.5 Å². The van der Waals surface area contributed by atoms with Crippen LogP contribution in [0.15, 0.2) is 22.8 Å². The van der Waals surface area contributed by atoms with Gasteiger partial charge in [-0.1, -0.05) is 18.5 Å². The summed E-state index contributed by atoms with van der Waals surface area (Å²) in [5.41, 5.74) is 0.864. The van der Waals surface area contributed by atoms with Crippen molar-refractivity contribution in [2.75, 3.05) is 5.32 Å². The molecule has 18 heavy (non-hydrogen) atoms. The zero-order valence-electron chi connectivity index (χ0n) is 10.5. The molecule has 0 aliphatic rings. The first kappa shape index (κ1) is 12.9. The molecule has 2 aromatic rings. The number of furan rings is 1. The quantitative estimate of drug-likeness (QED) is 0.840. The van der Waals surface area contributed by atoms with E-state index >= 15 is 0 Å². The van der Waals surface area contributed by atoms with E-state index in [4.69, 9.17) is 16.0 Å². The Morgan fingerprint density at radius 2 is 2.22 bits per heavy atom. The lowest BCUT2D eigenvalue weighted by Gasteiger charge is -2.10. The van der Waals surface area contributed by atoms with Crippen molar-refractivity contribution in [3.8, 4) is 0 Å². The zero-order chi connectivity index (χ0) is 13.0. The Morgan fingerprint density at radius 1 is 1.39 bits per heavy atom. The van der Waals surface area contributed by atoms with E-state index in [1.54, 1.807) is 6.26 Å². The van der Waals surface area contributed by atoms with E-state index in [0.29, 0.717) is 11.7 Å². The van der Waals surface area contributed by atoms with E-state index in [0.717, 1.165) is 35.8 Å². The minimum Gasteiger partial charge on any atom is -0.467 e. The molecule has 0 unspecified atom stereocenters. The lowest BCUT2D eigenvalue weighted by molar-refractivity contribution is 0.517. The van der Waals surface area contributed by atoms with Gasteiger partial charge >= 0.3 is 0 Å². The van der Waals surface area contributed by atoms with Crippen molar-refractivity contribution in [3.05, 3.63) is 40.7 Å².